The van der Waals surface area contributed by atoms with Crippen LogP contribution < -0.4 is 10.2 Å². The van der Waals surface area contributed by atoms with Crippen LogP contribution in [0.15, 0.2) is 6.07 Å². The Balaban J connectivity index is 2.05. The van der Waals surface area contributed by atoms with Crippen molar-refractivity contribution in [3.8, 4) is 0 Å². The first-order chi connectivity index (χ1) is 9.63. The van der Waals surface area contributed by atoms with Gasteiger partial charge in [0.05, 0.1) is 28.4 Å². The summed E-state index contributed by atoms with van der Waals surface area (Å²) in [6.45, 7) is 4.37. The largest absolute Gasteiger partial charge is 0.378 e. The van der Waals surface area contributed by atoms with Gasteiger partial charge >= 0.3 is 0 Å². The zero-order valence-electron chi connectivity index (χ0n) is 10.9. The van der Waals surface area contributed by atoms with Gasteiger partial charge in [-0.1, -0.05) is 0 Å². The van der Waals surface area contributed by atoms with Crippen molar-refractivity contribution in [2.24, 2.45) is 0 Å². The fourth-order valence-electron chi connectivity index (χ4n) is 2.11. The summed E-state index contributed by atoms with van der Waals surface area (Å²) in [7, 11) is 0. The quantitative estimate of drug-likeness (QED) is 0.861. The molecule has 3 heterocycles. The Morgan fingerprint density at radius 1 is 1.45 bits per heavy atom. The van der Waals surface area contributed by atoms with Crippen LogP contribution in [0.4, 0.5) is 10.8 Å². The predicted octanol–water partition coefficient (Wildman–Crippen LogP) is 2.14. The zero-order valence-corrected chi connectivity index (χ0v) is 12.4. The van der Waals surface area contributed by atoms with Crippen LogP contribution in [-0.4, -0.2) is 42.2 Å². The number of carbonyl (C=O) groups is 1. The summed E-state index contributed by atoms with van der Waals surface area (Å²) in [6, 6.07) is 1.82. The summed E-state index contributed by atoms with van der Waals surface area (Å²) in [5, 5.41) is 3.73. The Kier molecular flexibility index (Phi) is 3.73. The number of fused-ring (bicyclic) bond motifs is 1. The molecule has 6 nitrogen and oxygen atoms in total. The van der Waals surface area contributed by atoms with Crippen LogP contribution in [0.3, 0.4) is 0 Å². The molecule has 106 valence electrons. The van der Waals surface area contributed by atoms with Gasteiger partial charge in [0.25, 0.3) is 0 Å². The van der Waals surface area contributed by atoms with Crippen LogP contribution in [0.25, 0.3) is 10.2 Å². The molecule has 0 bridgehead atoms. The fraction of sp³-hybridized carbons (Fsp3) is 0.417. The van der Waals surface area contributed by atoms with Crippen LogP contribution >= 0.6 is 22.9 Å². The molecule has 1 N–H and O–H groups in total. The highest BCUT2D eigenvalue weighted by atomic mass is 35.5. The van der Waals surface area contributed by atoms with Gasteiger partial charge in [0, 0.05) is 20.0 Å². The van der Waals surface area contributed by atoms with E-state index in [1.807, 2.05) is 6.07 Å². The highest BCUT2D eigenvalue weighted by Gasteiger charge is 2.19. The molecule has 1 aliphatic rings. The molecule has 1 saturated heterocycles. The van der Waals surface area contributed by atoms with Gasteiger partial charge in [0.15, 0.2) is 5.82 Å². The monoisotopic (exact) mass is 312 g/mol. The highest BCUT2D eigenvalue weighted by molar-refractivity contribution is 7.23. The SMILES string of the molecule is CC(=O)Nc1cc2nc(Cl)nc(N3CCOCC3)c2s1. The van der Waals surface area contributed by atoms with E-state index in [9.17, 15) is 4.79 Å². The second-order valence-corrected chi connectivity index (χ2v) is 5.81. The van der Waals surface area contributed by atoms with E-state index in [-0.39, 0.29) is 11.2 Å². The van der Waals surface area contributed by atoms with E-state index in [0.717, 1.165) is 34.1 Å². The molecule has 0 saturated carbocycles. The predicted molar refractivity (Wildman–Crippen MR) is 79.8 cm³/mol. The molecule has 1 fully saturated rings. The standard InChI is InChI=1S/C12H13ClN4O2S/c1-7(18)14-9-6-8-10(20-9)11(16-12(13)15-8)17-2-4-19-5-3-17/h6H,2-5H2,1H3,(H,14,18). The number of aromatic nitrogens is 2. The van der Waals surface area contributed by atoms with Gasteiger partial charge in [0.1, 0.15) is 0 Å². The van der Waals surface area contributed by atoms with Crippen molar-refractivity contribution in [2.75, 3.05) is 36.5 Å². The lowest BCUT2D eigenvalue weighted by molar-refractivity contribution is -0.114. The minimum absolute atomic E-state index is 0.108. The third kappa shape index (κ3) is 2.70. The average Bonchev–Trinajstić information content (AvgIpc) is 2.79. The fourth-order valence-corrected chi connectivity index (χ4v) is 3.34. The summed E-state index contributed by atoms with van der Waals surface area (Å²) in [4.78, 5) is 21.8. The average molecular weight is 313 g/mol. The van der Waals surface area contributed by atoms with Gasteiger partial charge in [0.2, 0.25) is 11.2 Å². The normalized spacial score (nSPS) is 15.6. The molecule has 0 aromatic carbocycles. The Hall–Kier alpha value is -1.44. The molecule has 0 spiro atoms. The molecule has 0 radical (unpaired) electrons. The molecule has 1 amide bonds. The molecule has 1 aliphatic heterocycles. The molecule has 2 aromatic rings. The van der Waals surface area contributed by atoms with Crippen LogP contribution in [0, 0.1) is 0 Å². The molecule has 2 aromatic heterocycles. The number of halogens is 1. The minimum Gasteiger partial charge on any atom is -0.378 e. The first kappa shape index (κ1) is 13.5. The van der Waals surface area contributed by atoms with E-state index in [2.05, 4.69) is 20.2 Å². The maximum Gasteiger partial charge on any atom is 0.224 e. The number of carbonyl (C=O) groups excluding carboxylic acids is 1. The van der Waals surface area contributed by atoms with Crippen molar-refractivity contribution in [2.45, 2.75) is 6.92 Å². The molecule has 0 unspecified atom stereocenters. The molecule has 0 aliphatic carbocycles. The third-order valence-electron chi connectivity index (χ3n) is 2.94. The van der Waals surface area contributed by atoms with E-state index in [4.69, 9.17) is 16.3 Å². The smallest absolute Gasteiger partial charge is 0.224 e. The number of hydrogen-bond donors (Lipinski definition) is 1. The van der Waals surface area contributed by atoms with Crippen molar-refractivity contribution in [3.05, 3.63) is 11.3 Å². The number of nitrogens with one attached hydrogen (secondary N) is 1. The Bertz CT molecular complexity index is 654. The summed E-state index contributed by atoms with van der Waals surface area (Å²) in [5.41, 5.74) is 0.750. The number of amides is 1. The maximum absolute atomic E-state index is 11.2. The van der Waals surface area contributed by atoms with Crippen LogP contribution in [-0.2, 0) is 9.53 Å². The lowest BCUT2D eigenvalue weighted by atomic mass is 10.3. The lowest BCUT2D eigenvalue weighted by Crippen LogP contribution is -2.36. The molecular weight excluding hydrogens is 300 g/mol. The number of nitrogens with zero attached hydrogens (tertiary/aromatic N) is 3. The number of hydrogen-bond acceptors (Lipinski definition) is 6. The first-order valence-corrected chi connectivity index (χ1v) is 7.40. The van der Waals surface area contributed by atoms with Crippen LogP contribution in [0.2, 0.25) is 5.28 Å². The van der Waals surface area contributed by atoms with Crippen molar-refractivity contribution in [3.63, 3.8) is 0 Å². The summed E-state index contributed by atoms with van der Waals surface area (Å²) in [6.07, 6.45) is 0. The van der Waals surface area contributed by atoms with Crippen molar-refractivity contribution >= 4 is 49.9 Å². The minimum atomic E-state index is -0.108. The second kappa shape index (κ2) is 5.51. The molecule has 20 heavy (non-hydrogen) atoms. The molecule has 0 atom stereocenters. The van der Waals surface area contributed by atoms with E-state index < -0.39 is 0 Å². The Morgan fingerprint density at radius 2 is 2.20 bits per heavy atom. The maximum atomic E-state index is 11.2. The van der Waals surface area contributed by atoms with Gasteiger partial charge in [-0.05, 0) is 17.7 Å². The summed E-state index contributed by atoms with van der Waals surface area (Å²) >= 11 is 7.45. The number of rotatable bonds is 2. The molecule has 3 rings (SSSR count). The van der Waals surface area contributed by atoms with Crippen molar-refractivity contribution in [1.29, 1.82) is 0 Å². The van der Waals surface area contributed by atoms with Crippen LogP contribution in [0.5, 0.6) is 0 Å². The van der Waals surface area contributed by atoms with Gasteiger partial charge in [-0.15, -0.1) is 11.3 Å². The van der Waals surface area contributed by atoms with Crippen molar-refractivity contribution in [1.82, 2.24) is 9.97 Å². The number of thiophene rings is 1. The third-order valence-corrected chi connectivity index (χ3v) is 4.14. The van der Waals surface area contributed by atoms with Gasteiger partial charge < -0.3 is 15.0 Å². The zero-order chi connectivity index (χ0) is 14.1. The van der Waals surface area contributed by atoms with E-state index in [1.165, 1.54) is 18.3 Å². The highest BCUT2D eigenvalue weighted by Crippen LogP contribution is 2.35. The molecular formula is C12H13ClN4O2S. The number of morpholine rings is 1. The summed E-state index contributed by atoms with van der Waals surface area (Å²) < 4.78 is 6.28. The van der Waals surface area contributed by atoms with E-state index >= 15 is 0 Å². The van der Waals surface area contributed by atoms with Gasteiger partial charge in [-0.3, -0.25) is 4.79 Å². The van der Waals surface area contributed by atoms with E-state index in [0.29, 0.717) is 13.2 Å². The van der Waals surface area contributed by atoms with Crippen molar-refractivity contribution < 1.29 is 9.53 Å². The summed E-state index contributed by atoms with van der Waals surface area (Å²) in [5.74, 6) is 0.702. The van der Waals surface area contributed by atoms with Gasteiger partial charge in [-0.2, -0.15) is 4.98 Å². The Labute approximate surface area is 124 Å². The number of anilines is 2. The topological polar surface area (TPSA) is 67.4 Å². The molecule has 8 heteroatoms. The first-order valence-electron chi connectivity index (χ1n) is 6.21. The lowest BCUT2D eigenvalue weighted by Gasteiger charge is -2.28. The second-order valence-electron chi connectivity index (χ2n) is 4.42. The van der Waals surface area contributed by atoms with E-state index in [1.54, 1.807) is 0 Å². The van der Waals surface area contributed by atoms with Crippen LogP contribution in [0.1, 0.15) is 6.92 Å². The number of ether oxygens (including phenoxy) is 1. The van der Waals surface area contributed by atoms with Gasteiger partial charge in [-0.25, -0.2) is 4.98 Å². The Morgan fingerprint density at radius 3 is 2.90 bits per heavy atom.